The van der Waals surface area contributed by atoms with E-state index >= 15 is 0 Å². The largest absolute Gasteiger partial charge is 0.497 e. The SMILES string of the molecule is COCCCNC(=O)C1(C)Cn2nc(-c3ccccc3)cc2C(=O)N1c1cc(OC)cc(OC)c1. The predicted octanol–water partition coefficient (Wildman–Crippen LogP) is 3.14. The molecule has 0 spiro atoms. The van der Waals surface area contributed by atoms with Crippen LogP contribution in [0, 0.1) is 0 Å². The van der Waals surface area contributed by atoms with Crippen LogP contribution in [0.1, 0.15) is 23.8 Å². The Morgan fingerprint density at radius 2 is 1.74 bits per heavy atom. The zero-order valence-electron chi connectivity index (χ0n) is 20.4. The van der Waals surface area contributed by atoms with Crippen molar-refractivity contribution < 1.29 is 23.8 Å². The van der Waals surface area contributed by atoms with E-state index in [0.717, 1.165) is 5.56 Å². The van der Waals surface area contributed by atoms with Gasteiger partial charge in [-0.05, 0) is 19.4 Å². The van der Waals surface area contributed by atoms with Crippen molar-refractivity contribution in [2.45, 2.75) is 25.4 Å². The Labute approximate surface area is 204 Å². The summed E-state index contributed by atoms with van der Waals surface area (Å²) < 4.78 is 17.6. The van der Waals surface area contributed by atoms with Gasteiger partial charge in [-0.25, -0.2) is 0 Å². The zero-order valence-corrected chi connectivity index (χ0v) is 20.4. The van der Waals surface area contributed by atoms with E-state index in [9.17, 15) is 9.59 Å². The van der Waals surface area contributed by atoms with E-state index in [1.54, 1.807) is 57.2 Å². The second kappa shape index (κ2) is 10.2. The molecule has 1 atom stereocenters. The molecule has 1 N–H and O–H groups in total. The molecule has 1 aromatic heterocycles. The van der Waals surface area contributed by atoms with Gasteiger partial charge in [0.1, 0.15) is 22.7 Å². The molecule has 2 amide bonds. The van der Waals surface area contributed by atoms with Crippen LogP contribution in [0.25, 0.3) is 11.3 Å². The number of aromatic nitrogens is 2. The molecule has 0 saturated heterocycles. The van der Waals surface area contributed by atoms with E-state index in [1.165, 1.54) is 4.90 Å². The Bertz CT molecular complexity index is 1190. The molecule has 3 aromatic rings. The molecule has 0 bridgehead atoms. The number of amides is 2. The Hall–Kier alpha value is -3.85. The monoisotopic (exact) mass is 478 g/mol. The first kappa shape index (κ1) is 24.3. The molecular weight excluding hydrogens is 448 g/mol. The van der Waals surface area contributed by atoms with E-state index in [-0.39, 0.29) is 18.4 Å². The van der Waals surface area contributed by atoms with Crippen LogP contribution in [-0.4, -0.2) is 61.6 Å². The Balaban J connectivity index is 1.79. The molecule has 1 unspecified atom stereocenters. The van der Waals surface area contributed by atoms with Gasteiger partial charge in [-0.1, -0.05) is 30.3 Å². The van der Waals surface area contributed by atoms with Gasteiger partial charge in [-0.2, -0.15) is 5.10 Å². The molecule has 9 heteroatoms. The number of hydrogen-bond donors (Lipinski definition) is 1. The van der Waals surface area contributed by atoms with Gasteiger partial charge < -0.3 is 19.5 Å². The summed E-state index contributed by atoms with van der Waals surface area (Å²) in [7, 11) is 4.70. The van der Waals surface area contributed by atoms with E-state index in [4.69, 9.17) is 14.2 Å². The Morgan fingerprint density at radius 3 is 2.37 bits per heavy atom. The van der Waals surface area contributed by atoms with Crippen LogP contribution < -0.4 is 19.7 Å². The summed E-state index contributed by atoms with van der Waals surface area (Å²) in [5, 5.41) is 7.63. The number of ether oxygens (including phenoxy) is 3. The molecule has 1 aliphatic heterocycles. The Morgan fingerprint density at radius 1 is 1.06 bits per heavy atom. The molecule has 0 fully saturated rings. The molecule has 0 saturated carbocycles. The van der Waals surface area contributed by atoms with Crippen molar-refractivity contribution in [2.24, 2.45) is 0 Å². The number of hydrogen-bond acceptors (Lipinski definition) is 6. The fourth-order valence-corrected chi connectivity index (χ4v) is 4.27. The molecule has 184 valence electrons. The number of methoxy groups -OCH3 is 3. The van der Waals surface area contributed by atoms with Crippen molar-refractivity contribution in [2.75, 3.05) is 39.4 Å². The molecule has 4 rings (SSSR count). The van der Waals surface area contributed by atoms with E-state index < -0.39 is 5.54 Å². The third kappa shape index (κ3) is 4.72. The lowest BCUT2D eigenvalue weighted by atomic mass is 9.93. The third-order valence-electron chi connectivity index (χ3n) is 6.12. The third-order valence-corrected chi connectivity index (χ3v) is 6.12. The molecule has 2 heterocycles. The smallest absolute Gasteiger partial charge is 0.277 e. The van der Waals surface area contributed by atoms with E-state index in [0.29, 0.717) is 48.1 Å². The van der Waals surface area contributed by atoms with Crippen molar-refractivity contribution in [1.29, 1.82) is 0 Å². The fourth-order valence-electron chi connectivity index (χ4n) is 4.27. The van der Waals surface area contributed by atoms with Crippen molar-refractivity contribution in [3.8, 4) is 22.8 Å². The molecule has 1 aliphatic rings. The van der Waals surface area contributed by atoms with Crippen LogP contribution in [0.15, 0.2) is 54.6 Å². The van der Waals surface area contributed by atoms with E-state index in [1.807, 2.05) is 30.3 Å². The summed E-state index contributed by atoms with van der Waals surface area (Å²) in [5.41, 5.74) is 1.20. The second-order valence-electron chi connectivity index (χ2n) is 8.53. The van der Waals surface area contributed by atoms with Crippen LogP contribution in [-0.2, 0) is 16.1 Å². The number of carbonyl (C=O) groups is 2. The van der Waals surface area contributed by atoms with Gasteiger partial charge in [0.25, 0.3) is 5.91 Å². The molecule has 2 aromatic carbocycles. The molecule has 9 nitrogen and oxygen atoms in total. The first-order chi connectivity index (χ1) is 16.9. The highest BCUT2D eigenvalue weighted by atomic mass is 16.5. The number of benzene rings is 2. The summed E-state index contributed by atoms with van der Waals surface area (Å²) >= 11 is 0. The second-order valence-corrected chi connectivity index (χ2v) is 8.53. The maximum Gasteiger partial charge on any atom is 0.277 e. The minimum absolute atomic E-state index is 0.177. The molecule has 0 aliphatic carbocycles. The number of carbonyl (C=O) groups excluding carboxylic acids is 2. The summed E-state index contributed by atoms with van der Waals surface area (Å²) in [6.45, 7) is 2.87. The molecule has 0 radical (unpaired) electrons. The number of nitrogens with zero attached hydrogens (tertiary/aromatic N) is 3. The highest BCUT2D eigenvalue weighted by molar-refractivity contribution is 6.12. The maximum atomic E-state index is 13.9. The topological polar surface area (TPSA) is 94.9 Å². The summed E-state index contributed by atoms with van der Waals surface area (Å²) in [5.74, 6) is 0.403. The number of rotatable bonds is 9. The van der Waals surface area contributed by atoms with Gasteiger partial charge in [0, 0.05) is 44.0 Å². The normalized spacial score (nSPS) is 17.1. The molecule has 35 heavy (non-hydrogen) atoms. The zero-order chi connectivity index (χ0) is 25.0. The quantitative estimate of drug-likeness (QED) is 0.475. The van der Waals surface area contributed by atoms with Gasteiger partial charge in [-0.3, -0.25) is 19.2 Å². The van der Waals surface area contributed by atoms with E-state index in [2.05, 4.69) is 10.4 Å². The first-order valence-corrected chi connectivity index (χ1v) is 11.4. The minimum atomic E-state index is -1.26. The van der Waals surface area contributed by atoms with Crippen molar-refractivity contribution in [3.63, 3.8) is 0 Å². The highest BCUT2D eigenvalue weighted by Crippen LogP contribution is 2.37. The van der Waals surface area contributed by atoms with Crippen LogP contribution in [0.3, 0.4) is 0 Å². The van der Waals surface area contributed by atoms with Crippen molar-refractivity contribution in [3.05, 3.63) is 60.3 Å². The average Bonchev–Trinajstić information content (AvgIpc) is 3.30. The van der Waals surface area contributed by atoms with Gasteiger partial charge in [-0.15, -0.1) is 0 Å². The minimum Gasteiger partial charge on any atom is -0.497 e. The summed E-state index contributed by atoms with van der Waals surface area (Å²) in [4.78, 5) is 29.0. The fraction of sp³-hybridized carbons (Fsp3) is 0.346. The number of nitrogens with one attached hydrogen (secondary N) is 1. The van der Waals surface area contributed by atoms with Crippen molar-refractivity contribution in [1.82, 2.24) is 15.1 Å². The summed E-state index contributed by atoms with van der Waals surface area (Å²) in [6.07, 6.45) is 0.657. The number of anilines is 1. The first-order valence-electron chi connectivity index (χ1n) is 11.4. The van der Waals surface area contributed by atoms with Crippen molar-refractivity contribution >= 4 is 17.5 Å². The van der Waals surface area contributed by atoms with Crippen LogP contribution in [0.2, 0.25) is 0 Å². The number of fused-ring (bicyclic) bond motifs is 1. The van der Waals surface area contributed by atoms with Crippen LogP contribution in [0.5, 0.6) is 11.5 Å². The summed E-state index contributed by atoms with van der Waals surface area (Å²) in [6, 6.07) is 16.6. The Kier molecular flexibility index (Phi) is 7.07. The average molecular weight is 479 g/mol. The maximum absolute atomic E-state index is 13.9. The lowest BCUT2D eigenvalue weighted by Gasteiger charge is -2.43. The van der Waals surface area contributed by atoms with Gasteiger partial charge >= 0.3 is 0 Å². The van der Waals surface area contributed by atoms with Gasteiger partial charge in [0.2, 0.25) is 5.91 Å². The van der Waals surface area contributed by atoms with Crippen LogP contribution >= 0.6 is 0 Å². The lowest BCUT2D eigenvalue weighted by Crippen LogP contribution is -2.64. The van der Waals surface area contributed by atoms with Crippen LogP contribution in [0.4, 0.5) is 5.69 Å². The lowest BCUT2D eigenvalue weighted by molar-refractivity contribution is -0.126. The van der Waals surface area contributed by atoms with Gasteiger partial charge in [0.15, 0.2) is 0 Å². The van der Waals surface area contributed by atoms with Gasteiger partial charge in [0.05, 0.1) is 32.1 Å². The highest BCUT2D eigenvalue weighted by Gasteiger charge is 2.49. The standard InChI is InChI=1S/C26H30N4O5/c1-26(25(32)27-11-8-12-33-2)17-29-23(16-22(28-29)18-9-6-5-7-10-18)24(31)30(26)19-13-20(34-3)15-21(14-19)35-4/h5-7,9-10,13-16H,8,11-12,17H2,1-4H3,(H,27,32). The molecular formula is C26H30N4O5. The predicted molar refractivity (Wildman–Crippen MR) is 132 cm³/mol.